The van der Waals surface area contributed by atoms with Crippen molar-refractivity contribution in [3.8, 4) is 17.6 Å². The molecule has 174 valence electrons. The van der Waals surface area contributed by atoms with Crippen molar-refractivity contribution in [1.29, 1.82) is 5.26 Å². The van der Waals surface area contributed by atoms with Crippen molar-refractivity contribution in [1.82, 2.24) is 9.80 Å². The molecule has 2 aromatic carbocycles. The molecule has 0 spiro atoms. The average Bonchev–Trinajstić information content (AvgIpc) is 3.15. The van der Waals surface area contributed by atoms with E-state index in [1.54, 1.807) is 29.2 Å². The summed E-state index contributed by atoms with van der Waals surface area (Å²) >= 11 is 0. The van der Waals surface area contributed by atoms with Crippen LogP contribution in [-0.4, -0.2) is 68.9 Å². The molecule has 8 nitrogen and oxygen atoms in total. The van der Waals surface area contributed by atoms with Crippen LogP contribution in [0, 0.1) is 11.3 Å². The molecule has 1 amide bonds. The summed E-state index contributed by atoms with van der Waals surface area (Å²) < 4.78 is 29.6. The second kappa shape index (κ2) is 11.0. The lowest BCUT2D eigenvalue weighted by atomic mass is 10.2. The maximum absolute atomic E-state index is 12.7. The number of hydrogen-bond donors (Lipinski definition) is 1. The van der Waals surface area contributed by atoms with Crippen molar-refractivity contribution < 1.29 is 17.9 Å². The number of rotatable bonds is 9. The molecule has 1 aliphatic heterocycles. The number of likely N-dealkylation sites (N-methyl/N-ethyl adjacent to an activating group) is 1. The molecule has 1 saturated heterocycles. The molecule has 33 heavy (non-hydrogen) atoms. The number of nitriles is 1. The average molecular weight is 469 g/mol. The van der Waals surface area contributed by atoms with E-state index in [1.165, 1.54) is 6.20 Å². The summed E-state index contributed by atoms with van der Waals surface area (Å²) in [5.41, 5.74) is 0.438. The van der Waals surface area contributed by atoms with Gasteiger partial charge in [-0.25, -0.2) is 8.42 Å². The first-order valence-corrected chi connectivity index (χ1v) is 12.4. The fraction of sp³-hybridized carbons (Fsp3) is 0.333. The summed E-state index contributed by atoms with van der Waals surface area (Å²) in [6.45, 7) is 1.17. The number of sulfone groups is 1. The number of carbonyl (C=O) groups excluding carboxylic acids is 1. The van der Waals surface area contributed by atoms with Gasteiger partial charge in [0.05, 0.1) is 11.5 Å². The molecule has 1 unspecified atom stereocenters. The Labute approximate surface area is 195 Å². The topological polar surface area (TPSA) is 103 Å². The number of nitrogens with zero attached hydrogens (tertiary/aromatic N) is 3. The number of benzene rings is 2. The Balaban J connectivity index is 1.69. The molecule has 3 rings (SSSR count). The normalized spacial score (nSPS) is 17.4. The number of nitrogens with one attached hydrogen (secondary N) is 1. The largest absolute Gasteiger partial charge is 0.457 e. The highest BCUT2D eigenvalue weighted by molar-refractivity contribution is 7.91. The Morgan fingerprint density at radius 3 is 2.36 bits per heavy atom. The van der Waals surface area contributed by atoms with E-state index in [9.17, 15) is 18.5 Å². The minimum atomic E-state index is -3.10. The van der Waals surface area contributed by atoms with Crippen LogP contribution in [0.1, 0.15) is 6.42 Å². The fourth-order valence-electron chi connectivity index (χ4n) is 3.44. The van der Waals surface area contributed by atoms with Gasteiger partial charge in [0.1, 0.15) is 23.1 Å². The zero-order valence-electron chi connectivity index (χ0n) is 18.8. The third-order valence-corrected chi connectivity index (χ3v) is 6.98. The van der Waals surface area contributed by atoms with E-state index >= 15 is 0 Å². The first-order chi connectivity index (χ1) is 15.8. The molecule has 0 radical (unpaired) electrons. The van der Waals surface area contributed by atoms with Gasteiger partial charge in [-0.05, 0) is 56.9 Å². The first-order valence-electron chi connectivity index (χ1n) is 10.6. The highest BCUT2D eigenvalue weighted by Crippen LogP contribution is 2.23. The fourth-order valence-corrected chi connectivity index (χ4v) is 5.18. The van der Waals surface area contributed by atoms with Gasteiger partial charge in [-0.2, -0.15) is 5.26 Å². The van der Waals surface area contributed by atoms with Crippen LogP contribution in [0.5, 0.6) is 11.5 Å². The lowest BCUT2D eigenvalue weighted by Gasteiger charge is -2.28. The first kappa shape index (κ1) is 24.3. The summed E-state index contributed by atoms with van der Waals surface area (Å²) in [7, 11) is 0.729. The van der Waals surface area contributed by atoms with E-state index in [1.807, 2.05) is 55.4 Å². The lowest BCUT2D eigenvalue weighted by Crippen LogP contribution is -2.37. The molecule has 1 heterocycles. The Morgan fingerprint density at radius 1 is 1.12 bits per heavy atom. The standard InChI is InChI=1S/C24H28N4O4S/c1-27(2)13-14-28(21-12-15-33(30,31)18-21)17-19(16-25)24(29)26-20-8-10-23(11-9-20)32-22-6-4-3-5-7-22/h3-11,17,21H,12-15,18H2,1-2H3,(H,26,29)/b19-17-. The smallest absolute Gasteiger partial charge is 0.267 e. The van der Waals surface area contributed by atoms with E-state index in [0.29, 0.717) is 36.7 Å². The minimum absolute atomic E-state index is 0.0279. The Morgan fingerprint density at radius 2 is 1.79 bits per heavy atom. The van der Waals surface area contributed by atoms with Crippen LogP contribution in [0.4, 0.5) is 5.69 Å². The molecule has 9 heteroatoms. The molecule has 0 aromatic heterocycles. The highest BCUT2D eigenvalue weighted by atomic mass is 32.2. The molecule has 2 aromatic rings. The molecule has 1 atom stereocenters. The maximum Gasteiger partial charge on any atom is 0.267 e. The summed E-state index contributed by atoms with van der Waals surface area (Å²) in [5, 5.41) is 12.3. The third-order valence-electron chi connectivity index (χ3n) is 5.23. The number of ether oxygens (including phenoxy) is 1. The Kier molecular flexibility index (Phi) is 8.09. The molecule has 1 fully saturated rings. The quantitative estimate of drug-likeness (QED) is 0.446. The molecular formula is C24H28N4O4S. The minimum Gasteiger partial charge on any atom is -0.457 e. The van der Waals surface area contributed by atoms with E-state index in [0.717, 1.165) is 0 Å². The molecule has 0 aliphatic carbocycles. The summed E-state index contributed by atoms with van der Waals surface area (Å²) in [4.78, 5) is 16.5. The van der Waals surface area contributed by atoms with Gasteiger partial charge in [-0.3, -0.25) is 4.79 Å². The summed E-state index contributed by atoms with van der Waals surface area (Å²) in [6, 6.07) is 17.9. The van der Waals surface area contributed by atoms with Crippen LogP contribution in [0.25, 0.3) is 0 Å². The molecule has 1 aliphatic rings. The SMILES string of the molecule is CN(C)CCN(/C=C(/C#N)C(=O)Nc1ccc(Oc2ccccc2)cc1)C1CCS(=O)(=O)C1. The van der Waals surface area contributed by atoms with Crippen molar-refractivity contribution in [2.24, 2.45) is 0 Å². The van der Waals surface area contributed by atoms with Gasteiger partial charge >= 0.3 is 0 Å². The highest BCUT2D eigenvalue weighted by Gasteiger charge is 2.31. The summed E-state index contributed by atoms with van der Waals surface area (Å²) in [6.07, 6.45) is 1.96. The van der Waals surface area contributed by atoms with Gasteiger partial charge in [0.25, 0.3) is 5.91 Å². The van der Waals surface area contributed by atoms with Crippen molar-refractivity contribution >= 4 is 21.4 Å². The Bertz CT molecular complexity index is 1120. The van der Waals surface area contributed by atoms with E-state index in [-0.39, 0.29) is 23.1 Å². The second-order valence-electron chi connectivity index (χ2n) is 8.15. The van der Waals surface area contributed by atoms with Crippen molar-refractivity contribution in [3.05, 3.63) is 66.4 Å². The molecule has 0 saturated carbocycles. The maximum atomic E-state index is 12.7. The van der Waals surface area contributed by atoms with Gasteiger partial charge in [0, 0.05) is 31.0 Å². The molecular weight excluding hydrogens is 440 g/mol. The number of para-hydroxylation sites is 1. The second-order valence-corrected chi connectivity index (χ2v) is 10.4. The number of hydrogen-bond acceptors (Lipinski definition) is 7. The van der Waals surface area contributed by atoms with E-state index < -0.39 is 15.7 Å². The summed E-state index contributed by atoms with van der Waals surface area (Å²) in [5.74, 6) is 0.920. The lowest BCUT2D eigenvalue weighted by molar-refractivity contribution is -0.112. The number of anilines is 1. The van der Waals surface area contributed by atoms with Crippen LogP contribution < -0.4 is 10.1 Å². The van der Waals surface area contributed by atoms with Gasteiger partial charge in [0.15, 0.2) is 9.84 Å². The van der Waals surface area contributed by atoms with Gasteiger partial charge in [-0.1, -0.05) is 18.2 Å². The van der Waals surface area contributed by atoms with Crippen molar-refractivity contribution in [2.45, 2.75) is 12.5 Å². The predicted octanol–water partition coefficient (Wildman–Crippen LogP) is 2.88. The number of amides is 1. The zero-order chi connectivity index (χ0) is 23.8. The van der Waals surface area contributed by atoms with Crippen LogP contribution in [0.15, 0.2) is 66.4 Å². The van der Waals surface area contributed by atoms with Crippen LogP contribution in [0.2, 0.25) is 0 Å². The zero-order valence-corrected chi connectivity index (χ0v) is 19.6. The van der Waals surface area contributed by atoms with Gasteiger partial charge in [-0.15, -0.1) is 0 Å². The van der Waals surface area contributed by atoms with Crippen molar-refractivity contribution in [2.75, 3.05) is 44.0 Å². The van der Waals surface area contributed by atoms with E-state index in [2.05, 4.69) is 5.32 Å². The van der Waals surface area contributed by atoms with Crippen molar-refractivity contribution in [3.63, 3.8) is 0 Å². The van der Waals surface area contributed by atoms with Gasteiger partial charge in [0.2, 0.25) is 0 Å². The monoisotopic (exact) mass is 468 g/mol. The van der Waals surface area contributed by atoms with E-state index in [4.69, 9.17) is 4.74 Å². The Hall–Kier alpha value is -3.35. The number of carbonyl (C=O) groups is 1. The third kappa shape index (κ3) is 7.34. The molecule has 0 bridgehead atoms. The molecule has 1 N–H and O–H groups in total. The van der Waals surface area contributed by atoms with Gasteiger partial charge < -0.3 is 19.9 Å². The van der Waals surface area contributed by atoms with Crippen LogP contribution in [0.3, 0.4) is 0 Å². The van der Waals surface area contributed by atoms with Crippen LogP contribution >= 0.6 is 0 Å². The van der Waals surface area contributed by atoms with Crippen LogP contribution in [-0.2, 0) is 14.6 Å². The predicted molar refractivity (Wildman–Crippen MR) is 128 cm³/mol.